The van der Waals surface area contributed by atoms with Gasteiger partial charge < -0.3 is 9.97 Å². The van der Waals surface area contributed by atoms with Crippen molar-refractivity contribution in [2.75, 3.05) is 0 Å². The molecule has 0 fully saturated rings. The number of H-pyrrole nitrogens is 2. The first-order chi connectivity index (χ1) is 9.54. The number of aromatic amines is 2. The van der Waals surface area contributed by atoms with E-state index in [0.717, 1.165) is 11.3 Å². The first kappa shape index (κ1) is 12.4. The molecule has 2 aliphatic rings. The lowest BCUT2D eigenvalue weighted by Crippen LogP contribution is -2.23. The van der Waals surface area contributed by atoms with Gasteiger partial charge in [0.25, 0.3) is 5.56 Å². The van der Waals surface area contributed by atoms with Gasteiger partial charge >= 0.3 is 5.00 Å². The minimum atomic E-state index is -0.449. The van der Waals surface area contributed by atoms with Gasteiger partial charge in [0.1, 0.15) is 0 Å². The van der Waals surface area contributed by atoms with Gasteiger partial charge in [-0.3, -0.25) is 14.9 Å². The van der Waals surface area contributed by atoms with E-state index in [1.807, 2.05) is 0 Å². The predicted octanol–water partition coefficient (Wildman–Crippen LogP) is 0.637. The Hall–Kier alpha value is -2.67. The van der Waals surface area contributed by atoms with Crippen LogP contribution in [0.2, 0.25) is 0 Å². The van der Waals surface area contributed by atoms with E-state index in [2.05, 4.69) is 16.5 Å². The van der Waals surface area contributed by atoms with Crippen molar-refractivity contribution in [1.29, 1.82) is 0 Å². The fourth-order valence-electron chi connectivity index (χ4n) is 1.95. The highest BCUT2D eigenvalue weighted by molar-refractivity contribution is 7.16. The molecule has 7 heteroatoms. The molecule has 0 aromatic carbocycles. The molecule has 3 heterocycles. The lowest BCUT2D eigenvalue weighted by atomic mass is 10.3. The summed E-state index contributed by atoms with van der Waals surface area (Å²) >= 11 is 1.02. The van der Waals surface area contributed by atoms with Gasteiger partial charge in [-0.25, -0.2) is 0 Å². The lowest BCUT2D eigenvalue weighted by molar-refractivity contribution is -0.380. The quantitative estimate of drug-likeness (QED) is 0.535. The van der Waals surface area contributed by atoms with Crippen LogP contribution in [0.15, 0.2) is 29.1 Å². The van der Waals surface area contributed by atoms with E-state index >= 15 is 0 Å². The number of aromatic nitrogens is 2. The van der Waals surface area contributed by atoms with Crippen LogP contribution in [0.25, 0.3) is 12.7 Å². The minimum absolute atomic E-state index is 0.0466. The first-order valence-electron chi connectivity index (χ1n) is 5.70. The van der Waals surface area contributed by atoms with E-state index in [1.54, 1.807) is 24.3 Å². The molecule has 0 aliphatic carbocycles. The first-order valence-corrected chi connectivity index (χ1v) is 6.52. The number of nitrogens with one attached hydrogen (secondary N) is 2. The highest BCUT2D eigenvalue weighted by Gasteiger charge is 2.08. The predicted molar refractivity (Wildman–Crippen MR) is 76.0 cm³/mol. The number of nitro groups is 1. The highest BCUT2D eigenvalue weighted by atomic mass is 32.1. The van der Waals surface area contributed by atoms with Crippen LogP contribution in [-0.4, -0.2) is 14.9 Å². The van der Waals surface area contributed by atoms with Gasteiger partial charge in [0.05, 0.1) is 20.8 Å². The number of rotatable bonds is 2. The van der Waals surface area contributed by atoms with Crippen LogP contribution < -0.4 is 16.1 Å². The molecule has 0 radical (unpaired) electrons. The highest BCUT2D eigenvalue weighted by Crippen LogP contribution is 2.24. The van der Waals surface area contributed by atoms with Crippen LogP contribution in [0.4, 0.5) is 5.00 Å². The Kier molecular flexibility index (Phi) is 2.76. The third kappa shape index (κ3) is 2.04. The summed E-state index contributed by atoms with van der Waals surface area (Å²) in [4.78, 5) is 28.6. The molecule has 0 amide bonds. The molecule has 3 rings (SSSR count). The van der Waals surface area contributed by atoms with Gasteiger partial charge in [-0.1, -0.05) is 17.9 Å². The fourth-order valence-corrected chi connectivity index (χ4v) is 2.72. The Morgan fingerprint density at radius 2 is 2.05 bits per heavy atom. The Morgan fingerprint density at radius 3 is 2.75 bits per heavy atom. The van der Waals surface area contributed by atoms with Gasteiger partial charge in [-0.15, -0.1) is 0 Å². The molecule has 0 unspecified atom stereocenters. The smallest absolute Gasteiger partial charge is 0.324 e. The van der Waals surface area contributed by atoms with Gasteiger partial charge in [-0.05, 0) is 24.3 Å². The van der Waals surface area contributed by atoms with Crippen LogP contribution in [0.1, 0.15) is 4.88 Å². The van der Waals surface area contributed by atoms with E-state index < -0.39 is 4.92 Å². The van der Waals surface area contributed by atoms with Crippen molar-refractivity contribution in [2.24, 2.45) is 0 Å². The molecule has 20 heavy (non-hydrogen) atoms. The monoisotopic (exact) mass is 287 g/mol. The lowest BCUT2D eigenvalue weighted by Gasteiger charge is -1.86. The summed E-state index contributed by atoms with van der Waals surface area (Å²) in [5.74, 6) is 0. The van der Waals surface area contributed by atoms with E-state index in [-0.39, 0.29) is 10.6 Å². The molecule has 0 atom stereocenters. The summed E-state index contributed by atoms with van der Waals surface area (Å²) in [7, 11) is 0. The Morgan fingerprint density at radius 1 is 1.25 bits per heavy atom. The zero-order valence-electron chi connectivity index (χ0n) is 10.2. The normalized spacial score (nSPS) is 12.1. The maximum atomic E-state index is 11.9. The third-order valence-electron chi connectivity index (χ3n) is 2.85. The number of hydrogen-bond donors (Lipinski definition) is 2. The standard InChI is InChI=1S/C13H9N3O3S/c1-7-2-4-10-12(14-7)9(13(17)15-10)6-8-3-5-11(20-8)16(18)19/h2-6,14H,1H2,(H,15,17). The maximum absolute atomic E-state index is 11.9. The summed E-state index contributed by atoms with van der Waals surface area (Å²) in [6.45, 7) is 3.78. The average Bonchev–Trinajstić information content (AvgIpc) is 2.97. The van der Waals surface area contributed by atoms with Crippen molar-refractivity contribution in [3.63, 3.8) is 0 Å². The SMILES string of the molecule is C=c1ccc2[nH]c(=O)c(=Cc3ccc([N+](=O)[O-])s3)c=2[nH]1. The maximum Gasteiger partial charge on any atom is 0.324 e. The van der Waals surface area contributed by atoms with Crippen molar-refractivity contribution in [3.8, 4) is 0 Å². The summed E-state index contributed by atoms with van der Waals surface area (Å²) in [5, 5.41) is 13.2. The van der Waals surface area contributed by atoms with E-state index in [4.69, 9.17) is 0 Å². The van der Waals surface area contributed by atoms with Crippen LogP contribution >= 0.6 is 11.3 Å². The number of thiophene rings is 1. The van der Waals surface area contributed by atoms with Gasteiger partial charge in [0.15, 0.2) is 0 Å². The number of hydrogen-bond acceptors (Lipinski definition) is 4. The Bertz CT molecular complexity index is 1030. The average molecular weight is 287 g/mol. The van der Waals surface area contributed by atoms with Crippen molar-refractivity contribution in [3.05, 3.63) is 70.9 Å². The molecule has 0 spiro atoms. The van der Waals surface area contributed by atoms with Crippen molar-refractivity contribution >= 4 is 29.0 Å². The molecular formula is C13H9N3O3S. The number of nitrogens with zero attached hydrogens (tertiary/aromatic N) is 1. The van der Waals surface area contributed by atoms with Crippen molar-refractivity contribution in [2.45, 2.75) is 0 Å². The van der Waals surface area contributed by atoms with E-state index in [9.17, 15) is 14.9 Å². The van der Waals surface area contributed by atoms with Gasteiger partial charge in [0, 0.05) is 16.3 Å². The van der Waals surface area contributed by atoms with Crippen molar-refractivity contribution < 1.29 is 4.92 Å². The molecular weight excluding hydrogens is 278 g/mol. The molecule has 100 valence electrons. The summed E-state index contributed by atoms with van der Waals surface area (Å²) in [6.07, 6.45) is 1.63. The zero-order chi connectivity index (χ0) is 14.3. The minimum Gasteiger partial charge on any atom is -0.354 e. The Balaban J connectivity index is 2.30. The molecule has 2 N–H and O–H groups in total. The fraction of sp³-hybridized carbons (Fsp3) is 0. The topological polar surface area (TPSA) is 91.8 Å². The summed E-state index contributed by atoms with van der Waals surface area (Å²) in [6, 6.07) is 6.57. The molecule has 2 aliphatic heterocycles. The zero-order valence-corrected chi connectivity index (χ0v) is 11.0. The molecule has 0 saturated carbocycles. The van der Waals surface area contributed by atoms with E-state index in [1.165, 1.54) is 6.07 Å². The molecule has 0 saturated heterocycles. The van der Waals surface area contributed by atoms with Crippen LogP contribution in [-0.2, 0) is 0 Å². The third-order valence-corrected chi connectivity index (χ3v) is 3.83. The Labute approximate surface area is 115 Å². The summed E-state index contributed by atoms with van der Waals surface area (Å²) in [5.41, 5.74) is -0.238. The molecule has 6 nitrogen and oxygen atoms in total. The molecule has 1 aromatic heterocycles. The second-order valence-corrected chi connectivity index (χ2v) is 5.31. The summed E-state index contributed by atoms with van der Waals surface area (Å²) < 4.78 is 0. The van der Waals surface area contributed by atoms with Crippen LogP contribution in [0.5, 0.6) is 0 Å². The van der Waals surface area contributed by atoms with Crippen LogP contribution in [0, 0.1) is 20.8 Å². The molecule has 0 bridgehead atoms. The van der Waals surface area contributed by atoms with Gasteiger partial charge in [-0.2, -0.15) is 0 Å². The molecule has 1 aromatic rings. The van der Waals surface area contributed by atoms with E-state index in [0.29, 0.717) is 26.1 Å². The van der Waals surface area contributed by atoms with Gasteiger partial charge in [0.2, 0.25) is 0 Å². The second-order valence-electron chi connectivity index (χ2n) is 4.22. The van der Waals surface area contributed by atoms with Crippen molar-refractivity contribution in [1.82, 2.24) is 9.97 Å². The largest absolute Gasteiger partial charge is 0.354 e. The second kappa shape index (κ2) is 4.46. The van der Waals surface area contributed by atoms with Crippen LogP contribution in [0.3, 0.4) is 0 Å².